The van der Waals surface area contributed by atoms with E-state index >= 15 is 0 Å². The van der Waals surface area contributed by atoms with Crippen LogP contribution < -0.4 is 0 Å². The molecule has 2 saturated heterocycles. The number of nitrogens with zero attached hydrogens (tertiary/aromatic N) is 3. The van der Waals surface area contributed by atoms with Crippen molar-refractivity contribution in [2.24, 2.45) is 0 Å². The molecule has 1 aromatic rings. The van der Waals surface area contributed by atoms with Gasteiger partial charge >= 0.3 is 0 Å². The third kappa shape index (κ3) is 3.91. The minimum absolute atomic E-state index is 0.00995. The van der Waals surface area contributed by atoms with Crippen LogP contribution in [0.3, 0.4) is 0 Å². The fourth-order valence-electron chi connectivity index (χ4n) is 3.60. The molecule has 134 valence electrons. The van der Waals surface area contributed by atoms with E-state index in [4.69, 9.17) is 0 Å². The van der Waals surface area contributed by atoms with Crippen molar-refractivity contribution in [1.82, 2.24) is 14.1 Å². The smallest absolute Gasteiger partial charge is 0.243 e. The van der Waals surface area contributed by atoms with Crippen molar-refractivity contribution >= 4 is 10.0 Å². The molecule has 2 aliphatic rings. The number of hydrogen-bond donors (Lipinski definition) is 1. The zero-order valence-electron chi connectivity index (χ0n) is 14.3. The van der Waals surface area contributed by atoms with Gasteiger partial charge in [-0.05, 0) is 51.1 Å². The second-order valence-corrected chi connectivity index (χ2v) is 8.73. The molecule has 2 heterocycles. The van der Waals surface area contributed by atoms with Crippen molar-refractivity contribution in [3.63, 3.8) is 0 Å². The van der Waals surface area contributed by atoms with Crippen molar-refractivity contribution in [3.8, 4) is 5.75 Å². The van der Waals surface area contributed by atoms with Gasteiger partial charge in [-0.1, -0.05) is 6.07 Å². The van der Waals surface area contributed by atoms with Crippen LogP contribution in [0.2, 0.25) is 0 Å². The van der Waals surface area contributed by atoms with Crippen LogP contribution >= 0.6 is 0 Å². The Morgan fingerprint density at radius 1 is 1.17 bits per heavy atom. The lowest BCUT2D eigenvalue weighted by Gasteiger charge is -2.33. The Morgan fingerprint density at radius 3 is 2.62 bits per heavy atom. The number of aromatic hydroxyl groups is 1. The van der Waals surface area contributed by atoms with Gasteiger partial charge in [0.2, 0.25) is 10.0 Å². The predicted molar refractivity (Wildman–Crippen MR) is 93.6 cm³/mol. The van der Waals surface area contributed by atoms with Crippen LogP contribution in [0, 0.1) is 0 Å². The van der Waals surface area contributed by atoms with Gasteiger partial charge in [-0.2, -0.15) is 4.31 Å². The number of piperazine rings is 1. The lowest BCUT2D eigenvalue weighted by molar-refractivity contribution is 0.146. The normalized spacial score (nSPS) is 24.5. The van der Waals surface area contributed by atoms with Gasteiger partial charge in [-0.25, -0.2) is 8.42 Å². The molecule has 3 rings (SSSR count). The largest absolute Gasteiger partial charge is 0.508 e. The van der Waals surface area contributed by atoms with Gasteiger partial charge in [0.15, 0.2) is 0 Å². The number of phenols is 1. The Labute approximate surface area is 144 Å². The minimum atomic E-state index is -3.53. The van der Waals surface area contributed by atoms with E-state index in [9.17, 15) is 13.5 Å². The Kier molecular flexibility index (Phi) is 5.44. The van der Waals surface area contributed by atoms with E-state index < -0.39 is 10.0 Å². The van der Waals surface area contributed by atoms with Crippen LogP contribution in [0.15, 0.2) is 29.2 Å². The first kappa shape index (κ1) is 17.7. The first-order valence-electron chi connectivity index (χ1n) is 8.68. The number of likely N-dealkylation sites (N-methyl/N-ethyl adjacent to an activating group) is 1. The van der Waals surface area contributed by atoms with Crippen LogP contribution in [0.4, 0.5) is 0 Å². The van der Waals surface area contributed by atoms with Crippen LogP contribution in [-0.2, 0) is 10.0 Å². The SMILES string of the molecule is CN1CCN(CC[C@H]2CCCN2S(=O)(=O)c2cccc(O)c2)CC1. The van der Waals surface area contributed by atoms with Crippen LogP contribution in [0.1, 0.15) is 19.3 Å². The van der Waals surface area contributed by atoms with Gasteiger partial charge in [-0.15, -0.1) is 0 Å². The molecule has 1 aromatic carbocycles. The Bertz CT molecular complexity index is 657. The average Bonchev–Trinajstić information content (AvgIpc) is 3.04. The summed E-state index contributed by atoms with van der Waals surface area (Å²) in [5.74, 6) is -0.00995. The predicted octanol–water partition coefficient (Wildman–Crippen LogP) is 1.18. The summed E-state index contributed by atoms with van der Waals surface area (Å²) in [4.78, 5) is 4.94. The fourth-order valence-corrected chi connectivity index (χ4v) is 5.36. The molecule has 2 aliphatic heterocycles. The van der Waals surface area contributed by atoms with E-state index in [2.05, 4.69) is 16.8 Å². The van der Waals surface area contributed by atoms with Crippen LogP contribution in [0.5, 0.6) is 5.75 Å². The summed E-state index contributed by atoms with van der Waals surface area (Å²) in [7, 11) is -1.39. The van der Waals surface area contributed by atoms with E-state index in [-0.39, 0.29) is 16.7 Å². The van der Waals surface area contributed by atoms with Crippen LogP contribution in [0.25, 0.3) is 0 Å². The van der Waals surface area contributed by atoms with E-state index in [1.165, 1.54) is 12.1 Å². The standard InChI is InChI=1S/C17H27N3O3S/c1-18-10-12-19(13-11-18)9-7-15-4-3-8-20(15)24(22,23)17-6-2-5-16(21)14-17/h2,5-6,14-15,21H,3-4,7-13H2,1H3/t15-/m1/s1. The molecule has 0 aromatic heterocycles. The Hall–Kier alpha value is -1.15. The quantitative estimate of drug-likeness (QED) is 0.861. The first-order valence-corrected chi connectivity index (χ1v) is 10.1. The van der Waals surface area contributed by atoms with Gasteiger partial charge in [-0.3, -0.25) is 0 Å². The second-order valence-electron chi connectivity index (χ2n) is 6.84. The number of rotatable bonds is 5. The zero-order valence-corrected chi connectivity index (χ0v) is 15.1. The van der Waals surface area contributed by atoms with Gasteiger partial charge in [0.25, 0.3) is 0 Å². The highest BCUT2D eigenvalue weighted by Crippen LogP contribution is 2.29. The topological polar surface area (TPSA) is 64.1 Å². The van der Waals surface area contributed by atoms with Crippen molar-refractivity contribution < 1.29 is 13.5 Å². The highest BCUT2D eigenvalue weighted by atomic mass is 32.2. The molecule has 0 aliphatic carbocycles. The average molecular weight is 353 g/mol. The van der Waals surface area contributed by atoms with Crippen molar-refractivity contribution in [1.29, 1.82) is 0 Å². The molecule has 6 nitrogen and oxygen atoms in total. The summed E-state index contributed by atoms with van der Waals surface area (Å²) in [6.07, 6.45) is 2.71. The van der Waals surface area contributed by atoms with E-state index in [1.54, 1.807) is 16.4 Å². The third-order valence-electron chi connectivity index (χ3n) is 5.12. The maximum atomic E-state index is 12.9. The molecule has 0 saturated carbocycles. The number of benzene rings is 1. The molecule has 1 N–H and O–H groups in total. The first-order chi connectivity index (χ1) is 11.5. The van der Waals surface area contributed by atoms with Crippen molar-refractivity contribution in [2.75, 3.05) is 46.3 Å². The monoisotopic (exact) mass is 353 g/mol. The highest BCUT2D eigenvalue weighted by Gasteiger charge is 2.35. The molecule has 0 bridgehead atoms. The van der Waals surface area contributed by atoms with Crippen molar-refractivity contribution in [3.05, 3.63) is 24.3 Å². The Morgan fingerprint density at radius 2 is 1.92 bits per heavy atom. The van der Waals surface area contributed by atoms with Gasteiger partial charge in [0, 0.05) is 38.8 Å². The lowest BCUT2D eigenvalue weighted by atomic mass is 10.1. The molecule has 2 fully saturated rings. The summed E-state index contributed by atoms with van der Waals surface area (Å²) < 4.78 is 27.4. The van der Waals surface area contributed by atoms with E-state index in [0.717, 1.165) is 52.0 Å². The van der Waals surface area contributed by atoms with Crippen LogP contribution in [-0.4, -0.2) is 80.0 Å². The molecule has 24 heavy (non-hydrogen) atoms. The van der Waals surface area contributed by atoms with Gasteiger partial charge < -0.3 is 14.9 Å². The van der Waals surface area contributed by atoms with Gasteiger partial charge in [0.05, 0.1) is 4.90 Å². The summed E-state index contributed by atoms with van der Waals surface area (Å²) in [6, 6.07) is 6.04. The van der Waals surface area contributed by atoms with E-state index in [0.29, 0.717) is 6.54 Å². The van der Waals surface area contributed by atoms with E-state index in [1.807, 2.05) is 0 Å². The third-order valence-corrected chi connectivity index (χ3v) is 7.07. The highest BCUT2D eigenvalue weighted by molar-refractivity contribution is 7.89. The summed E-state index contributed by atoms with van der Waals surface area (Å²) >= 11 is 0. The fraction of sp³-hybridized carbons (Fsp3) is 0.647. The summed E-state index contributed by atoms with van der Waals surface area (Å²) in [5.41, 5.74) is 0. The maximum absolute atomic E-state index is 12.9. The molecular formula is C17H27N3O3S. The second kappa shape index (κ2) is 7.39. The molecule has 0 amide bonds. The van der Waals surface area contributed by atoms with Gasteiger partial charge in [0.1, 0.15) is 5.75 Å². The summed E-state index contributed by atoms with van der Waals surface area (Å²) in [6.45, 7) is 5.80. The minimum Gasteiger partial charge on any atom is -0.508 e. The maximum Gasteiger partial charge on any atom is 0.243 e. The summed E-state index contributed by atoms with van der Waals surface area (Å²) in [5, 5.41) is 9.59. The molecular weight excluding hydrogens is 326 g/mol. The molecule has 1 atom stereocenters. The number of sulfonamides is 1. The molecule has 0 radical (unpaired) electrons. The lowest BCUT2D eigenvalue weighted by Crippen LogP contribution is -2.46. The van der Waals surface area contributed by atoms with Crippen molar-refractivity contribution in [2.45, 2.75) is 30.2 Å². The Balaban J connectivity index is 1.64. The number of phenolic OH excluding ortho intramolecular Hbond substituents is 1. The molecule has 0 spiro atoms. The number of hydrogen-bond acceptors (Lipinski definition) is 5. The zero-order chi connectivity index (χ0) is 17.2. The molecule has 7 heteroatoms. The molecule has 0 unspecified atom stereocenters.